The lowest BCUT2D eigenvalue weighted by Crippen LogP contribution is -2.65. The van der Waals surface area contributed by atoms with Crippen LogP contribution in [0, 0.1) is 0 Å². The van der Waals surface area contributed by atoms with Gasteiger partial charge in [-0.3, -0.25) is 4.79 Å². The number of carboxylic acids is 1. The highest BCUT2D eigenvalue weighted by atomic mass is 32.2. The van der Waals surface area contributed by atoms with Crippen LogP contribution in [0.25, 0.3) is 0 Å². The number of aliphatic hydroxyl groups is 1. The molecule has 0 aromatic carbocycles. The van der Waals surface area contributed by atoms with E-state index >= 15 is 0 Å². The quantitative estimate of drug-likeness (QED) is 0.649. The Morgan fingerprint density at radius 1 is 1.47 bits per heavy atom. The molecule has 7 nitrogen and oxygen atoms in total. The highest BCUT2D eigenvalue weighted by molar-refractivity contribution is 7.86. The summed E-state index contributed by atoms with van der Waals surface area (Å²) in [6, 6.07) is 0. The van der Waals surface area contributed by atoms with E-state index in [0.717, 1.165) is 8.61 Å². The molecule has 1 heterocycles. The molecule has 100 valence electrons. The SMILES string of the molecule is CCC1(O)CN(S(=O)(=O)N(C)CCC(=O)O)C1. The van der Waals surface area contributed by atoms with Gasteiger partial charge in [-0.15, -0.1) is 0 Å². The van der Waals surface area contributed by atoms with Crippen LogP contribution >= 0.6 is 0 Å². The van der Waals surface area contributed by atoms with Gasteiger partial charge in [0.25, 0.3) is 10.2 Å². The average Bonchev–Trinajstić information content (AvgIpc) is 2.20. The van der Waals surface area contributed by atoms with Crippen molar-refractivity contribution < 1.29 is 23.4 Å². The van der Waals surface area contributed by atoms with Gasteiger partial charge in [0.2, 0.25) is 0 Å². The van der Waals surface area contributed by atoms with Gasteiger partial charge in [0, 0.05) is 26.7 Å². The lowest BCUT2D eigenvalue weighted by molar-refractivity contribution is -0.137. The summed E-state index contributed by atoms with van der Waals surface area (Å²) in [4.78, 5) is 10.4. The monoisotopic (exact) mass is 266 g/mol. The average molecular weight is 266 g/mol. The lowest BCUT2D eigenvalue weighted by Gasteiger charge is -2.45. The zero-order valence-corrected chi connectivity index (χ0v) is 10.8. The Kier molecular flexibility index (Phi) is 4.13. The number of nitrogens with zero attached hydrogens (tertiary/aromatic N) is 2. The van der Waals surface area contributed by atoms with Crippen molar-refractivity contribution in [3.63, 3.8) is 0 Å². The second kappa shape index (κ2) is 4.89. The van der Waals surface area contributed by atoms with E-state index in [1.165, 1.54) is 7.05 Å². The summed E-state index contributed by atoms with van der Waals surface area (Å²) in [5.41, 5.74) is -0.930. The molecule has 1 rings (SSSR count). The van der Waals surface area contributed by atoms with E-state index < -0.39 is 21.8 Å². The molecule has 17 heavy (non-hydrogen) atoms. The molecule has 0 aliphatic carbocycles. The first kappa shape index (κ1) is 14.4. The molecule has 0 unspecified atom stereocenters. The van der Waals surface area contributed by atoms with E-state index in [1.807, 2.05) is 0 Å². The third kappa shape index (κ3) is 3.15. The van der Waals surface area contributed by atoms with Crippen LogP contribution in [-0.4, -0.2) is 65.5 Å². The minimum atomic E-state index is -3.64. The summed E-state index contributed by atoms with van der Waals surface area (Å²) in [6.07, 6.45) is 0.263. The van der Waals surface area contributed by atoms with E-state index in [9.17, 15) is 18.3 Å². The molecular weight excluding hydrogens is 248 g/mol. The van der Waals surface area contributed by atoms with Crippen LogP contribution in [0.5, 0.6) is 0 Å². The van der Waals surface area contributed by atoms with Crippen LogP contribution in [0.2, 0.25) is 0 Å². The zero-order chi connectivity index (χ0) is 13.3. The van der Waals surface area contributed by atoms with Crippen LogP contribution in [-0.2, 0) is 15.0 Å². The number of carboxylic acid groups (broad SMARTS) is 1. The lowest BCUT2D eigenvalue weighted by atomic mass is 9.94. The van der Waals surface area contributed by atoms with Crippen molar-refractivity contribution in [2.75, 3.05) is 26.7 Å². The summed E-state index contributed by atoms with van der Waals surface area (Å²) >= 11 is 0. The second-order valence-corrected chi connectivity index (χ2v) is 6.35. The predicted octanol–water partition coefficient (Wildman–Crippen LogP) is -0.906. The zero-order valence-electron chi connectivity index (χ0n) is 9.96. The van der Waals surface area contributed by atoms with Crippen molar-refractivity contribution in [2.45, 2.75) is 25.4 Å². The number of rotatable bonds is 6. The van der Waals surface area contributed by atoms with Gasteiger partial charge in [0.05, 0.1) is 12.0 Å². The van der Waals surface area contributed by atoms with Crippen molar-refractivity contribution in [3.8, 4) is 0 Å². The number of hydrogen-bond donors (Lipinski definition) is 2. The normalized spacial score (nSPS) is 20.2. The molecule has 8 heteroatoms. The predicted molar refractivity (Wildman–Crippen MR) is 60.6 cm³/mol. The number of β-amino-alcohol motifs (C(OH)–C–C–N with tert-alkyl or cyclic N) is 1. The molecule has 0 saturated carbocycles. The maximum atomic E-state index is 11.9. The topological polar surface area (TPSA) is 98.2 Å². The minimum Gasteiger partial charge on any atom is -0.481 e. The van der Waals surface area contributed by atoms with Crippen LogP contribution in [0.1, 0.15) is 19.8 Å². The molecule has 1 saturated heterocycles. The van der Waals surface area contributed by atoms with Crippen LogP contribution in [0.3, 0.4) is 0 Å². The molecule has 1 aliphatic heterocycles. The first-order chi connectivity index (χ1) is 7.71. The van der Waals surface area contributed by atoms with E-state index in [-0.39, 0.29) is 26.1 Å². The Bertz CT molecular complexity index is 388. The van der Waals surface area contributed by atoms with Crippen molar-refractivity contribution >= 4 is 16.2 Å². The van der Waals surface area contributed by atoms with Gasteiger partial charge in [0.1, 0.15) is 0 Å². The molecule has 0 spiro atoms. The Morgan fingerprint density at radius 2 is 2.00 bits per heavy atom. The Hall–Kier alpha value is -0.700. The third-order valence-electron chi connectivity index (χ3n) is 2.96. The smallest absolute Gasteiger partial charge is 0.304 e. The summed E-state index contributed by atoms with van der Waals surface area (Å²) in [5.74, 6) is -1.04. The van der Waals surface area contributed by atoms with E-state index in [2.05, 4.69) is 0 Å². The van der Waals surface area contributed by atoms with Gasteiger partial charge >= 0.3 is 5.97 Å². The van der Waals surface area contributed by atoms with Crippen LogP contribution in [0.4, 0.5) is 0 Å². The molecule has 0 aromatic heterocycles. The van der Waals surface area contributed by atoms with E-state index in [1.54, 1.807) is 6.92 Å². The molecule has 0 bridgehead atoms. The summed E-state index contributed by atoms with van der Waals surface area (Å²) in [7, 11) is -2.30. The molecular formula is C9H18N2O5S. The highest BCUT2D eigenvalue weighted by Crippen LogP contribution is 2.27. The standard InChI is InChI=1S/C9H18N2O5S/c1-3-9(14)6-11(7-9)17(15,16)10(2)5-4-8(12)13/h14H,3-7H2,1-2H3,(H,12,13). The Labute approximate surface area is 101 Å². The van der Waals surface area contributed by atoms with Crippen molar-refractivity contribution in [1.82, 2.24) is 8.61 Å². The first-order valence-electron chi connectivity index (χ1n) is 5.37. The molecule has 0 radical (unpaired) electrons. The van der Waals surface area contributed by atoms with E-state index in [0.29, 0.717) is 6.42 Å². The maximum absolute atomic E-state index is 11.9. The largest absolute Gasteiger partial charge is 0.481 e. The molecule has 2 N–H and O–H groups in total. The van der Waals surface area contributed by atoms with Gasteiger partial charge in [0.15, 0.2) is 0 Å². The minimum absolute atomic E-state index is 0.0707. The third-order valence-corrected chi connectivity index (χ3v) is 4.84. The van der Waals surface area contributed by atoms with Gasteiger partial charge in [-0.1, -0.05) is 6.92 Å². The Morgan fingerprint density at radius 3 is 2.41 bits per heavy atom. The number of hydrogen-bond acceptors (Lipinski definition) is 4. The van der Waals surface area contributed by atoms with Gasteiger partial charge in [-0.25, -0.2) is 0 Å². The van der Waals surface area contributed by atoms with Crippen molar-refractivity contribution in [1.29, 1.82) is 0 Å². The fourth-order valence-corrected chi connectivity index (χ4v) is 3.09. The van der Waals surface area contributed by atoms with Gasteiger partial charge in [-0.2, -0.15) is 17.0 Å². The van der Waals surface area contributed by atoms with Crippen LogP contribution in [0.15, 0.2) is 0 Å². The fraction of sp³-hybridized carbons (Fsp3) is 0.889. The molecule has 0 aromatic rings. The Balaban J connectivity index is 2.55. The van der Waals surface area contributed by atoms with Crippen molar-refractivity contribution in [3.05, 3.63) is 0 Å². The molecule has 1 fully saturated rings. The van der Waals surface area contributed by atoms with Gasteiger partial charge in [-0.05, 0) is 6.42 Å². The summed E-state index contributed by atoms with van der Waals surface area (Å²) < 4.78 is 25.9. The molecule has 1 aliphatic rings. The van der Waals surface area contributed by atoms with Crippen LogP contribution < -0.4 is 0 Å². The van der Waals surface area contributed by atoms with Crippen molar-refractivity contribution in [2.24, 2.45) is 0 Å². The maximum Gasteiger partial charge on any atom is 0.304 e. The molecule has 0 atom stereocenters. The fourth-order valence-electron chi connectivity index (χ4n) is 1.56. The number of aliphatic carboxylic acids is 1. The summed E-state index contributed by atoms with van der Waals surface area (Å²) in [5, 5.41) is 18.2. The van der Waals surface area contributed by atoms with Gasteiger partial charge < -0.3 is 10.2 Å². The summed E-state index contributed by atoms with van der Waals surface area (Å²) in [6.45, 7) is 1.86. The first-order valence-corrected chi connectivity index (χ1v) is 6.76. The second-order valence-electron chi connectivity index (χ2n) is 4.32. The van der Waals surface area contributed by atoms with E-state index in [4.69, 9.17) is 5.11 Å². The highest BCUT2D eigenvalue weighted by Gasteiger charge is 2.46. The molecule has 0 amide bonds. The number of carbonyl (C=O) groups is 1.